The molecule has 0 fully saturated rings. The van der Waals surface area contributed by atoms with Crippen molar-refractivity contribution in [2.24, 2.45) is 0 Å². The Labute approximate surface area is 89.3 Å². The van der Waals surface area contributed by atoms with Crippen molar-refractivity contribution >= 4 is 0 Å². The van der Waals surface area contributed by atoms with E-state index in [4.69, 9.17) is 4.74 Å². The molecule has 3 heteroatoms. The highest BCUT2D eigenvalue weighted by Crippen LogP contribution is 2.29. The molecule has 0 radical (unpaired) electrons. The van der Waals surface area contributed by atoms with E-state index in [1.54, 1.807) is 0 Å². The zero-order chi connectivity index (χ0) is 10.8. The highest BCUT2D eigenvalue weighted by molar-refractivity contribution is 5.40. The van der Waals surface area contributed by atoms with E-state index in [0.29, 0.717) is 13.0 Å². The van der Waals surface area contributed by atoms with Gasteiger partial charge in [0.15, 0.2) is 0 Å². The highest BCUT2D eigenvalue weighted by Gasteiger charge is 2.19. The lowest BCUT2D eigenvalue weighted by Gasteiger charge is -2.16. The van der Waals surface area contributed by atoms with Crippen LogP contribution in [-0.2, 0) is 6.42 Å². The van der Waals surface area contributed by atoms with E-state index >= 15 is 0 Å². The van der Waals surface area contributed by atoms with E-state index in [1.807, 2.05) is 25.1 Å². The molecule has 1 aliphatic rings. The minimum atomic E-state index is -0.791. The topological polar surface area (TPSA) is 49.7 Å². The zero-order valence-corrected chi connectivity index (χ0v) is 8.81. The zero-order valence-electron chi connectivity index (χ0n) is 8.81. The summed E-state index contributed by atoms with van der Waals surface area (Å²) in [5.41, 5.74) is 1.89. The molecule has 0 saturated carbocycles. The van der Waals surface area contributed by atoms with Gasteiger partial charge in [0, 0.05) is 6.42 Å². The molecule has 15 heavy (non-hydrogen) atoms. The Morgan fingerprint density at radius 2 is 2.20 bits per heavy atom. The van der Waals surface area contributed by atoms with Crippen molar-refractivity contribution in [3.05, 3.63) is 29.3 Å². The third-order valence-electron chi connectivity index (χ3n) is 2.84. The molecule has 1 heterocycles. The molecular formula is C12H16O3. The molecule has 1 aromatic carbocycles. The van der Waals surface area contributed by atoms with Gasteiger partial charge in [0.25, 0.3) is 0 Å². The van der Waals surface area contributed by atoms with Crippen LogP contribution in [0.4, 0.5) is 0 Å². The largest absolute Gasteiger partial charge is 0.493 e. The molecule has 3 nitrogen and oxygen atoms in total. The molecule has 2 N–H and O–H groups in total. The van der Waals surface area contributed by atoms with Gasteiger partial charge in [0.05, 0.1) is 12.7 Å². The smallest absolute Gasteiger partial charge is 0.122 e. The van der Waals surface area contributed by atoms with Gasteiger partial charge >= 0.3 is 0 Å². The first kappa shape index (κ1) is 10.5. The fourth-order valence-electron chi connectivity index (χ4n) is 1.84. The summed E-state index contributed by atoms with van der Waals surface area (Å²) >= 11 is 0. The third-order valence-corrected chi connectivity index (χ3v) is 2.84. The molecular weight excluding hydrogens is 192 g/mol. The lowest BCUT2D eigenvalue weighted by Crippen LogP contribution is -2.16. The summed E-state index contributed by atoms with van der Waals surface area (Å²) in [6, 6.07) is 5.60. The van der Waals surface area contributed by atoms with Gasteiger partial charge in [-0.1, -0.05) is 13.0 Å². The minimum absolute atomic E-state index is 0.550. The summed E-state index contributed by atoms with van der Waals surface area (Å²) < 4.78 is 5.38. The number of aliphatic hydroxyl groups is 2. The second-order valence-electron chi connectivity index (χ2n) is 3.89. The Kier molecular flexibility index (Phi) is 2.93. The van der Waals surface area contributed by atoms with Crippen molar-refractivity contribution in [1.82, 2.24) is 0 Å². The van der Waals surface area contributed by atoms with E-state index < -0.39 is 12.2 Å². The Balaban J connectivity index is 2.22. The van der Waals surface area contributed by atoms with Crippen LogP contribution in [0.5, 0.6) is 5.75 Å². The molecule has 0 aromatic heterocycles. The number of benzene rings is 1. The van der Waals surface area contributed by atoms with E-state index in [1.165, 1.54) is 0 Å². The lowest BCUT2D eigenvalue weighted by atomic mass is 10.00. The Morgan fingerprint density at radius 1 is 1.40 bits per heavy atom. The van der Waals surface area contributed by atoms with Gasteiger partial charge < -0.3 is 14.9 Å². The molecule has 0 saturated heterocycles. The summed E-state index contributed by atoms with van der Waals surface area (Å²) in [5.74, 6) is 0.900. The fraction of sp³-hybridized carbons (Fsp3) is 0.500. The van der Waals surface area contributed by atoms with Crippen LogP contribution in [0.25, 0.3) is 0 Å². The molecule has 0 spiro atoms. The van der Waals surface area contributed by atoms with Crippen molar-refractivity contribution in [3.8, 4) is 5.75 Å². The molecule has 1 aliphatic heterocycles. The monoisotopic (exact) mass is 208 g/mol. The summed E-state index contributed by atoms with van der Waals surface area (Å²) in [5, 5.41) is 19.4. The van der Waals surface area contributed by atoms with E-state index in [-0.39, 0.29) is 0 Å². The highest BCUT2D eigenvalue weighted by atomic mass is 16.5. The Bertz CT molecular complexity index is 349. The first-order chi connectivity index (χ1) is 7.22. The normalized spacial score (nSPS) is 18.1. The van der Waals surface area contributed by atoms with Gasteiger partial charge in [-0.15, -0.1) is 0 Å². The molecule has 82 valence electrons. The molecule has 2 atom stereocenters. The van der Waals surface area contributed by atoms with Crippen LogP contribution in [-0.4, -0.2) is 22.9 Å². The molecule has 2 rings (SSSR count). The first-order valence-electron chi connectivity index (χ1n) is 5.34. The van der Waals surface area contributed by atoms with Crippen molar-refractivity contribution in [1.29, 1.82) is 0 Å². The van der Waals surface area contributed by atoms with Gasteiger partial charge in [0.1, 0.15) is 11.9 Å². The lowest BCUT2D eigenvalue weighted by molar-refractivity contribution is 0.0164. The molecule has 0 bridgehead atoms. The number of hydrogen-bond donors (Lipinski definition) is 2. The van der Waals surface area contributed by atoms with Crippen molar-refractivity contribution < 1.29 is 14.9 Å². The van der Waals surface area contributed by atoms with Crippen LogP contribution >= 0.6 is 0 Å². The van der Waals surface area contributed by atoms with Gasteiger partial charge in [0.2, 0.25) is 0 Å². The van der Waals surface area contributed by atoms with Crippen LogP contribution in [0, 0.1) is 0 Å². The maximum absolute atomic E-state index is 9.83. The van der Waals surface area contributed by atoms with E-state index in [2.05, 4.69) is 0 Å². The second kappa shape index (κ2) is 4.21. The molecule has 1 aromatic rings. The second-order valence-corrected chi connectivity index (χ2v) is 3.89. The van der Waals surface area contributed by atoms with Crippen LogP contribution in [0.15, 0.2) is 18.2 Å². The molecule has 0 amide bonds. The summed E-state index contributed by atoms with van der Waals surface area (Å²) in [4.78, 5) is 0. The van der Waals surface area contributed by atoms with Crippen LogP contribution in [0.2, 0.25) is 0 Å². The SMILES string of the molecule is CCC(O)C(O)c1ccc2c(c1)CCO2. The number of rotatable bonds is 3. The third kappa shape index (κ3) is 1.98. The van der Waals surface area contributed by atoms with Gasteiger partial charge in [-0.05, 0) is 29.7 Å². The van der Waals surface area contributed by atoms with Crippen molar-refractivity contribution in [2.45, 2.75) is 32.0 Å². The average Bonchev–Trinajstić information content (AvgIpc) is 2.73. The minimum Gasteiger partial charge on any atom is -0.493 e. The summed E-state index contributed by atoms with van der Waals surface area (Å²) in [7, 11) is 0. The predicted octanol–water partition coefficient (Wildman–Crippen LogP) is 1.43. The summed E-state index contributed by atoms with van der Waals surface area (Å²) in [6.07, 6.45) is -0.0429. The number of ether oxygens (including phenoxy) is 1. The number of fused-ring (bicyclic) bond motifs is 1. The Morgan fingerprint density at radius 3 is 2.93 bits per heavy atom. The predicted molar refractivity (Wildman–Crippen MR) is 56.9 cm³/mol. The average molecular weight is 208 g/mol. The number of aliphatic hydroxyl groups excluding tert-OH is 2. The quantitative estimate of drug-likeness (QED) is 0.790. The van der Waals surface area contributed by atoms with Gasteiger partial charge in [-0.2, -0.15) is 0 Å². The Hall–Kier alpha value is -1.06. The first-order valence-corrected chi connectivity index (χ1v) is 5.34. The van der Waals surface area contributed by atoms with Crippen molar-refractivity contribution in [3.63, 3.8) is 0 Å². The number of hydrogen-bond acceptors (Lipinski definition) is 3. The molecule has 2 unspecified atom stereocenters. The van der Waals surface area contributed by atoms with Crippen molar-refractivity contribution in [2.75, 3.05) is 6.61 Å². The maximum atomic E-state index is 9.83. The summed E-state index contributed by atoms with van der Waals surface area (Å²) in [6.45, 7) is 2.57. The van der Waals surface area contributed by atoms with Crippen LogP contribution in [0.1, 0.15) is 30.6 Å². The van der Waals surface area contributed by atoms with E-state index in [9.17, 15) is 10.2 Å². The standard InChI is InChI=1S/C12H16O3/c1-2-10(13)12(14)9-3-4-11-8(7-9)5-6-15-11/h3-4,7,10,12-14H,2,5-6H2,1H3. The van der Waals surface area contributed by atoms with Crippen LogP contribution < -0.4 is 4.74 Å². The maximum Gasteiger partial charge on any atom is 0.122 e. The van der Waals surface area contributed by atoms with Gasteiger partial charge in [-0.25, -0.2) is 0 Å². The van der Waals surface area contributed by atoms with Gasteiger partial charge in [-0.3, -0.25) is 0 Å². The van der Waals surface area contributed by atoms with E-state index in [0.717, 1.165) is 23.3 Å². The van der Waals surface area contributed by atoms with Crippen LogP contribution in [0.3, 0.4) is 0 Å². The molecule has 0 aliphatic carbocycles. The fourth-order valence-corrected chi connectivity index (χ4v) is 1.84.